The summed E-state index contributed by atoms with van der Waals surface area (Å²) in [6.45, 7) is 5.47. The number of carbonyl (C=O) groups excluding carboxylic acids is 1. The second-order valence-corrected chi connectivity index (χ2v) is 9.31. The van der Waals surface area contributed by atoms with E-state index in [1.165, 1.54) is 55.1 Å². The van der Waals surface area contributed by atoms with Gasteiger partial charge >= 0.3 is 5.97 Å². The molecule has 1 heterocycles. The van der Waals surface area contributed by atoms with E-state index in [1.807, 2.05) is 36.4 Å². The number of hydrogen-bond acceptors (Lipinski definition) is 5. The number of benzene rings is 3. The van der Waals surface area contributed by atoms with Gasteiger partial charge in [0, 0.05) is 13.5 Å². The molecule has 1 saturated heterocycles. The number of esters is 1. The Labute approximate surface area is 206 Å². The van der Waals surface area contributed by atoms with Gasteiger partial charge in [-0.2, -0.15) is 0 Å². The molecule has 0 spiro atoms. The number of carbonyl (C=O) groups is 1. The number of fused-ring (bicyclic) bond motifs is 1. The SMILES string of the molecule is CC(=O)Oc1ccc(C2=C(Cc3ccc(OCCN4CCCC4)cc3)c3ccc(O)cc3C2)cc1. The van der Waals surface area contributed by atoms with Crippen molar-refractivity contribution in [2.24, 2.45) is 0 Å². The Hall–Kier alpha value is -3.57. The van der Waals surface area contributed by atoms with Gasteiger partial charge < -0.3 is 14.6 Å². The van der Waals surface area contributed by atoms with Gasteiger partial charge in [0.05, 0.1) is 0 Å². The van der Waals surface area contributed by atoms with Crippen LogP contribution >= 0.6 is 0 Å². The third-order valence-corrected chi connectivity index (χ3v) is 6.79. The van der Waals surface area contributed by atoms with Crippen molar-refractivity contribution < 1.29 is 19.4 Å². The monoisotopic (exact) mass is 469 g/mol. The quantitative estimate of drug-likeness (QED) is 0.349. The zero-order chi connectivity index (χ0) is 24.2. The smallest absolute Gasteiger partial charge is 0.308 e. The number of aromatic hydroxyl groups is 1. The Kier molecular flexibility index (Phi) is 6.87. The molecule has 1 aliphatic heterocycles. The molecule has 0 radical (unpaired) electrons. The van der Waals surface area contributed by atoms with Crippen LogP contribution in [0.4, 0.5) is 0 Å². The first-order valence-corrected chi connectivity index (χ1v) is 12.3. The van der Waals surface area contributed by atoms with E-state index >= 15 is 0 Å². The van der Waals surface area contributed by atoms with Gasteiger partial charge in [0.15, 0.2) is 0 Å². The van der Waals surface area contributed by atoms with Gasteiger partial charge in [-0.1, -0.05) is 30.3 Å². The molecule has 35 heavy (non-hydrogen) atoms. The summed E-state index contributed by atoms with van der Waals surface area (Å²) in [5, 5.41) is 10.0. The van der Waals surface area contributed by atoms with Crippen LogP contribution in [-0.2, 0) is 17.6 Å². The summed E-state index contributed by atoms with van der Waals surface area (Å²) < 4.78 is 11.2. The highest BCUT2D eigenvalue weighted by atomic mass is 16.5. The van der Waals surface area contributed by atoms with E-state index < -0.39 is 0 Å². The number of rotatable bonds is 8. The third-order valence-electron chi connectivity index (χ3n) is 6.79. The average molecular weight is 470 g/mol. The predicted molar refractivity (Wildman–Crippen MR) is 138 cm³/mol. The first kappa shape index (κ1) is 23.2. The highest BCUT2D eigenvalue weighted by Gasteiger charge is 2.23. The van der Waals surface area contributed by atoms with Crippen molar-refractivity contribution in [2.45, 2.75) is 32.6 Å². The van der Waals surface area contributed by atoms with Gasteiger partial charge in [0.2, 0.25) is 0 Å². The second-order valence-electron chi connectivity index (χ2n) is 9.31. The highest BCUT2D eigenvalue weighted by Crippen LogP contribution is 2.41. The van der Waals surface area contributed by atoms with Crippen LogP contribution in [0.1, 0.15) is 42.0 Å². The summed E-state index contributed by atoms with van der Waals surface area (Å²) in [5.41, 5.74) is 7.08. The molecule has 3 aromatic rings. The topological polar surface area (TPSA) is 59.0 Å². The summed E-state index contributed by atoms with van der Waals surface area (Å²) in [6, 6.07) is 21.7. The van der Waals surface area contributed by atoms with Crippen molar-refractivity contribution in [3.63, 3.8) is 0 Å². The minimum absolute atomic E-state index is 0.282. The van der Waals surface area contributed by atoms with E-state index in [-0.39, 0.29) is 11.7 Å². The lowest BCUT2D eigenvalue weighted by Gasteiger charge is -2.15. The van der Waals surface area contributed by atoms with Crippen LogP contribution in [0.3, 0.4) is 0 Å². The summed E-state index contributed by atoms with van der Waals surface area (Å²) in [7, 11) is 0. The molecule has 0 bridgehead atoms. The number of phenolic OH excluding ortho intramolecular Hbond substituents is 1. The van der Waals surface area contributed by atoms with Crippen LogP contribution in [-0.4, -0.2) is 42.2 Å². The zero-order valence-corrected chi connectivity index (χ0v) is 20.1. The summed E-state index contributed by atoms with van der Waals surface area (Å²) in [4.78, 5) is 13.7. The molecular weight excluding hydrogens is 438 g/mol. The van der Waals surface area contributed by atoms with Crippen LogP contribution < -0.4 is 9.47 Å². The molecule has 5 rings (SSSR count). The van der Waals surface area contributed by atoms with Crippen LogP contribution in [0.2, 0.25) is 0 Å². The van der Waals surface area contributed by atoms with Gasteiger partial charge in [0.25, 0.3) is 0 Å². The van der Waals surface area contributed by atoms with Crippen LogP contribution in [0.15, 0.2) is 66.7 Å². The van der Waals surface area contributed by atoms with E-state index in [0.29, 0.717) is 5.75 Å². The van der Waals surface area contributed by atoms with Crippen molar-refractivity contribution in [1.29, 1.82) is 0 Å². The molecule has 5 nitrogen and oxygen atoms in total. The minimum Gasteiger partial charge on any atom is -0.508 e. The number of hydrogen-bond donors (Lipinski definition) is 1. The largest absolute Gasteiger partial charge is 0.508 e. The molecule has 0 atom stereocenters. The molecular formula is C30H31NO4. The average Bonchev–Trinajstić information content (AvgIpc) is 3.48. The fourth-order valence-electron chi connectivity index (χ4n) is 5.06. The summed E-state index contributed by atoms with van der Waals surface area (Å²) >= 11 is 0. The van der Waals surface area contributed by atoms with Crippen LogP contribution in [0.25, 0.3) is 11.1 Å². The van der Waals surface area contributed by atoms with Crippen molar-refractivity contribution in [3.8, 4) is 17.2 Å². The molecule has 5 heteroatoms. The van der Waals surface area contributed by atoms with E-state index in [0.717, 1.165) is 42.9 Å². The summed E-state index contributed by atoms with van der Waals surface area (Å²) in [6.07, 6.45) is 4.13. The van der Waals surface area contributed by atoms with E-state index in [9.17, 15) is 9.90 Å². The van der Waals surface area contributed by atoms with E-state index in [2.05, 4.69) is 29.2 Å². The molecule has 3 aromatic carbocycles. The molecule has 0 aromatic heterocycles. The van der Waals surface area contributed by atoms with Gasteiger partial charge in [-0.05, 0) is 109 Å². The number of nitrogens with zero attached hydrogens (tertiary/aromatic N) is 1. The Morgan fingerprint density at radius 1 is 0.943 bits per heavy atom. The molecule has 2 aliphatic rings. The van der Waals surface area contributed by atoms with E-state index in [4.69, 9.17) is 9.47 Å². The third kappa shape index (κ3) is 5.57. The predicted octanol–water partition coefficient (Wildman–Crippen LogP) is 5.50. The lowest BCUT2D eigenvalue weighted by molar-refractivity contribution is -0.131. The van der Waals surface area contributed by atoms with Crippen molar-refractivity contribution in [1.82, 2.24) is 4.90 Å². The van der Waals surface area contributed by atoms with Crippen LogP contribution in [0, 0.1) is 0 Å². The van der Waals surface area contributed by atoms with Gasteiger partial charge in [0.1, 0.15) is 23.9 Å². The normalized spacial score (nSPS) is 15.3. The van der Waals surface area contributed by atoms with Crippen LogP contribution in [0.5, 0.6) is 17.2 Å². The Morgan fingerprint density at radius 3 is 2.37 bits per heavy atom. The fourth-order valence-corrected chi connectivity index (χ4v) is 5.06. The Morgan fingerprint density at radius 2 is 1.66 bits per heavy atom. The van der Waals surface area contributed by atoms with E-state index in [1.54, 1.807) is 6.07 Å². The first-order valence-electron chi connectivity index (χ1n) is 12.3. The molecule has 180 valence electrons. The molecule has 0 amide bonds. The van der Waals surface area contributed by atoms with Gasteiger partial charge in [-0.15, -0.1) is 0 Å². The maximum atomic E-state index is 11.3. The maximum Gasteiger partial charge on any atom is 0.308 e. The highest BCUT2D eigenvalue weighted by molar-refractivity contribution is 5.98. The van der Waals surface area contributed by atoms with Gasteiger partial charge in [-0.3, -0.25) is 9.69 Å². The van der Waals surface area contributed by atoms with Gasteiger partial charge in [-0.25, -0.2) is 0 Å². The number of phenols is 1. The molecule has 1 N–H and O–H groups in total. The number of allylic oxidation sites excluding steroid dienone is 2. The number of likely N-dealkylation sites (tertiary alicyclic amines) is 1. The Balaban J connectivity index is 1.34. The fraction of sp³-hybridized carbons (Fsp3) is 0.300. The molecule has 1 fully saturated rings. The molecule has 1 aliphatic carbocycles. The standard InChI is InChI=1S/C30H31NO4/c1-21(32)35-27-11-6-23(7-12-27)29-20-24-19-25(33)8-13-28(24)30(29)18-22-4-9-26(10-5-22)34-17-16-31-14-2-3-15-31/h4-13,19,33H,2-3,14-18,20H2,1H3. The molecule has 0 unspecified atom stereocenters. The molecule has 0 saturated carbocycles. The lowest BCUT2D eigenvalue weighted by atomic mass is 9.95. The maximum absolute atomic E-state index is 11.3. The lowest BCUT2D eigenvalue weighted by Crippen LogP contribution is -2.25. The second kappa shape index (κ2) is 10.4. The minimum atomic E-state index is -0.329. The zero-order valence-electron chi connectivity index (χ0n) is 20.1. The van der Waals surface area contributed by atoms with Crippen molar-refractivity contribution in [3.05, 3.63) is 89.0 Å². The van der Waals surface area contributed by atoms with Crippen molar-refractivity contribution >= 4 is 17.1 Å². The first-order chi connectivity index (χ1) is 17.0. The number of ether oxygens (including phenoxy) is 2. The van der Waals surface area contributed by atoms with Crippen molar-refractivity contribution in [2.75, 3.05) is 26.2 Å². The summed E-state index contributed by atoms with van der Waals surface area (Å²) in [5.74, 6) is 1.40. The Bertz CT molecular complexity index is 1220.